The molecule has 5 aromatic rings. The van der Waals surface area contributed by atoms with E-state index in [9.17, 15) is 4.79 Å². The maximum absolute atomic E-state index is 13.5. The van der Waals surface area contributed by atoms with Gasteiger partial charge in [-0.2, -0.15) is 10.2 Å². The monoisotopic (exact) mass is 422 g/mol. The van der Waals surface area contributed by atoms with Crippen LogP contribution < -0.4 is 5.32 Å². The molecule has 2 aromatic carbocycles. The standard InChI is InChI=1S/C25H22N6O/c1-17(2)31-24-20(16-27-31)19(15-22(28-24)18-9-4-3-5-10-18)25(32)29-21-11-6-7-12-23(21)30-14-8-13-26-30/h3-17H,1-2H3,(H,29,32). The fraction of sp³-hybridized carbons (Fsp3) is 0.120. The van der Waals surface area contributed by atoms with Gasteiger partial charge < -0.3 is 5.32 Å². The van der Waals surface area contributed by atoms with Gasteiger partial charge in [0.25, 0.3) is 5.91 Å². The zero-order valence-electron chi connectivity index (χ0n) is 17.8. The molecule has 5 rings (SSSR count). The number of nitrogens with one attached hydrogen (secondary N) is 1. The molecular weight excluding hydrogens is 400 g/mol. The van der Waals surface area contributed by atoms with E-state index in [0.717, 1.165) is 16.9 Å². The fourth-order valence-corrected chi connectivity index (χ4v) is 3.72. The van der Waals surface area contributed by atoms with Gasteiger partial charge in [0.1, 0.15) is 0 Å². The van der Waals surface area contributed by atoms with Gasteiger partial charge >= 0.3 is 0 Å². The highest BCUT2D eigenvalue weighted by Crippen LogP contribution is 2.28. The van der Waals surface area contributed by atoms with Crippen molar-refractivity contribution < 1.29 is 4.79 Å². The van der Waals surface area contributed by atoms with Crippen molar-refractivity contribution in [2.24, 2.45) is 0 Å². The van der Waals surface area contributed by atoms with Gasteiger partial charge in [0.15, 0.2) is 5.65 Å². The molecular formula is C25H22N6O. The van der Waals surface area contributed by atoms with E-state index in [2.05, 4.69) is 15.5 Å². The van der Waals surface area contributed by atoms with E-state index in [4.69, 9.17) is 4.98 Å². The number of benzene rings is 2. The molecule has 0 saturated carbocycles. The number of fused-ring (bicyclic) bond motifs is 1. The molecule has 32 heavy (non-hydrogen) atoms. The number of pyridine rings is 1. The lowest BCUT2D eigenvalue weighted by molar-refractivity contribution is 0.102. The van der Waals surface area contributed by atoms with Crippen LogP contribution in [0.5, 0.6) is 0 Å². The van der Waals surface area contributed by atoms with Gasteiger partial charge in [0.2, 0.25) is 0 Å². The molecule has 0 atom stereocenters. The molecule has 0 bridgehead atoms. The lowest BCUT2D eigenvalue weighted by Crippen LogP contribution is -2.15. The maximum Gasteiger partial charge on any atom is 0.256 e. The largest absolute Gasteiger partial charge is 0.320 e. The summed E-state index contributed by atoms with van der Waals surface area (Å²) in [5.41, 5.74) is 4.34. The van der Waals surface area contributed by atoms with Crippen LogP contribution in [-0.4, -0.2) is 30.5 Å². The molecule has 0 unspecified atom stereocenters. The quantitative estimate of drug-likeness (QED) is 0.427. The second-order valence-corrected chi connectivity index (χ2v) is 7.76. The first-order chi connectivity index (χ1) is 15.6. The summed E-state index contributed by atoms with van der Waals surface area (Å²) < 4.78 is 3.57. The Balaban J connectivity index is 1.62. The first-order valence-electron chi connectivity index (χ1n) is 10.5. The van der Waals surface area contributed by atoms with Crippen molar-refractivity contribution in [1.29, 1.82) is 0 Å². The molecule has 3 aromatic heterocycles. The zero-order chi connectivity index (χ0) is 22.1. The van der Waals surface area contributed by atoms with Crippen molar-refractivity contribution in [1.82, 2.24) is 24.5 Å². The predicted molar refractivity (Wildman–Crippen MR) is 125 cm³/mol. The van der Waals surface area contributed by atoms with Gasteiger partial charge in [-0.05, 0) is 38.1 Å². The smallest absolute Gasteiger partial charge is 0.256 e. The number of hydrogen-bond donors (Lipinski definition) is 1. The number of carbonyl (C=O) groups is 1. The van der Waals surface area contributed by atoms with Crippen LogP contribution >= 0.6 is 0 Å². The number of nitrogens with zero attached hydrogens (tertiary/aromatic N) is 5. The lowest BCUT2D eigenvalue weighted by Gasteiger charge is -2.13. The summed E-state index contributed by atoms with van der Waals surface area (Å²) in [6.45, 7) is 4.09. The topological polar surface area (TPSA) is 77.6 Å². The first kappa shape index (κ1) is 19.7. The van der Waals surface area contributed by atoms with Crippen molar-refractivity contribution in [3.8, 4) is 16.9 Å². The minimum absolute atomic E-state index is 0.113. The van der Waals surface area contributed by atoms with Crippen molar-refractivity contribution in [2.75, 3.05) is 5.32 Å². The number of amides is 1. The summed E-state index contributed by atoms with van der Waals surface area (Å²) in [6, 6.07) is 21.2. The summed E-state index contributed by atoms with van der Waals surface area (Å²) >= 11 is 0. The highest BCUT2D eigenvalue weighted by atomic mass is 16.1. The summed E-state index contributed by atoms with van der Waals surface area (Å²) in [5.74, 6) is -0.225. The van der Waals surface area contributed by atoms with E-state index in [1.807, 2.05) is 91.5 Å². The Kier molecular flexibility index (Phi) is 4.99. The molecule has 0 spiro atoms. The highest BCUT2D eigenvalue weighted by molar-refractivity contribution is 6.13. The molecule has 3 heterocycles. The number of anilines is 1. The van der Waals surface area contributed by atoms with Gasteiger partial charge in [0.05, 0.1) is 34.2 Å². The van der Waals surface area contributed by atoms with E-state index in [1.54, 1.807) is 17.1 Å². The second-order valence-electron chi connectivity index (χ2n) is 7.76. The Morgan fingerprint density at radius 3 is 2.50 bits per heavy atom. The normalized spacial score (nSPS) is 11.2. The molecule has 7 nitrogen and oxygen atoms in total. The Labute approximate surface area is 185 Å². The molecule has 0 fully saturated rings. The number of carbonyl (C=O) groups excluding carboxylic acids is 1. The molecule has 0 aliphatic carbocycles. The van der Waals surface area contributed by atoms with E-state index < -0.39 is 0 Å². The average Bonchev–Trinajstić information content (AvgIpc) is 3.49. The van der Waals surface area contributed by atoms with Crippen LogP contribution in [0.1, 0.15) is 30.2 Å². The minimum atomic E-state index is -0.225. The summed E-state index contributed by atoms with van der Waals surface area (Å²) in [6.07, 6.45) is 5.26. The molecule has 0 radical (unpaired) electrons. The van der Waals surface area contributed by atoms with Crippen molar-refractivity contribution in [3.63, 3.8) is 0 Å². The molecule has 1 amide bonds. The number of aromatic nitrogens is 5. The summed E-state index contributed by atoms with van der Waals surface area (Å²) in [4.78, 5) is 18.3. The average molecular weight is 422 g/mol. The predicted octanol–water partition coefficient (Wildman–Crippen LogP) is 5.12. The van der Waals surface area contributed by atoms with Crippen LogP contribution in [0.25, 0.3) is 28.0 Å². The van der Waals surface area contributed by atoms with Gasteiger partial charge in [-0.15, -0.1) is 0 Å². The SMILES string of the molecule is CC(C)n1ncc2c(C(=O)Nc3ccccc3-n3cccn3)cc(-c3ccccc3)nc21. The third-order valence-corrected chi connectivity index (χ3v) is 5.27. The third kappa shape index (κ3) is 3.54. The number of para-hydroxylation sites is 2. The molecule has 158 valence electrons. The molecule has 0 aliphatic heterocycles. The summed E-state index contributed by atoms with van der Waals surface area (Å²) in [7, 11) is 0. The van der Waals surface area contributed by atoms with Gasteiger partial charge in [0, 0.05) is 24.0 Å². The van der Waals surface area contributed by atoms with Crippen molar-refractivity contribution >= 4 is 22.6 Å². The van der Waals surface area contributed by atoms with Crippen LogP contribution in [0.15, 0.2) is 85.3 Å². The maximum atomic E-state index is 13.5. The fourth-order valence-electron chi connectivity index (χ4n) is 3.72. The van der Waals surface area contributed by atoms with Crippen LogP contribution in [0.3, 0.4) is 0 Å². The van der Waals surface area contributed by atoms with Gasteiger partial charge in [-0.25, -0.2) is 14.3 Å². The number of rotatable bonds is 5. The molecule has 0 saturated heterocycles. The molecule has 7 heteroatoms. The van der Waals surface area contributed by atoms with E-state index in [1.165, 1.54) is 0 Å². The Bertz CT molecular complexity index is 1390. The lowest BCUT2D eigenvalue weighted by atomic mass is 10.1. The second kappa shape index (κ2) is 8.11. The molecule has 0 aliphatic rings. The Morgan fingerprint density at radius 2 is 1.75 bits per heavy atom. The van der Waals surface area contributed by atoms with E-state index >= 15 is 0 Å². The third-order valence-electron chi connectivity index (χ3n) is 5.27. The highest BCUT2D eigenvalue weighted by Gasteiger charge is 2.19. The van der Waals surface area contributed by atoms with Crippen LogP contribution in [0.4, 0.5) is 5.69 Å². The van der Waals surface area contributed by atoms with Gasteiger partial charge in [-0.1, -0.05) is 42.5 Å². The van der Waals surface area contributed by atoms with Crippen LogP contribution in [0.2, 0.25) is 0 Å². The van der Waals surface area contributed by atoms with E-state index in [0.29, 0.717) is 22.3 Å². The van der Waals surface area contributed by atoms with Gasteiger partial charge in [-0.3, -0.25) is 4.79 Å². The minimum Gasteiger partial charge on any atom is -0.320 e. The Morgan fingerprint density at radius 1 is 0.969 bits per heavy atom. The van der Waals surface area contributed by atoms with E-state index in [-0.39, 0.29) is 11.9 Å². The van der Waals surface area contributed by atoms with Crippen LogP contribution in [0, 0.1) is 0 Å². The van der Waals surface area contributed by atoms with Crippen molar-refractivity contribution in [3.05, 3.63) is 90.9 Å². The zero-order valence-corrected chi connectivity index (χ0v) is 17.8. The van der Waals surface area contributed by atoms with Crippen LogP contribution in [-0.2, 0) is 0 Å². The first-order valence-corrected chi connectivity index (χ1v) is 10.5. The molecule has 1 N–H and O–H groups in total. The van der Waals surface area contributed by atoms with Crippen molar-refractivity contribution in [2.45, 2.75) is 19.9 Å². The Hall–Kier alpha value is -4.26. The summed E-state index contributed by atoms with van der Waals surface area (Å²) in [5, 5.41) is 12.6. The number of hydrogen-bond acceptors (Lipinski definition) is 4.